The van der Waals surface area contributed by atoms with Crippen molar-refractivity contribution in [3.8, 4) is 0 Å². The van der Waals surface area contributed by atoms with Gasteiger partial charge in [-0.3, -0.25) is 0 Å². The SMILES string of the molecule is CCNS(=O)(=O)NC1(CN)CCC(CC)CC1. The van der Waals surface area contributed by atoms with Crippen LogP contribution in [0.5, 0.6) is 0 Å². The smallest absolute Gasteiger partial charge is 0.277 e. The molecule has 102 valence electrons. The highest BCUT2D eigenvalue weighted by Gasteiger charge is 2.36. The fraction of sp³-hybridized carbons (Fsp3) is 1.00. The molecule has 1 aliphatic rings. The van der Waals surface area contributed by atoms with Crippen LogP contribution in [0.2, 0.25) is 0 Å². The number of hydrogen-bond donors (Lipinski definition) is 3. The monoisotopic (exact) mass is 263 g/mol. The second kappa shape index (κ2) is 6.13. The number of rotatable bonds is 6. The third-order valence-electron chi connectivity index (χ3n) is 3.72. The molecule has 1 rings (SSSR count). The van der Waals surface area contributed by atoms with Gasteiger partial charge in [0.25, 0.3) is 10.2 Å². The van der Waals surface area contributed by atoms with E-state index in [-0.39, 0.29) is 0 Å². The van der Waals surface area contributed by atoms with E-state index >= 15 is 0 Å². The largest absolute Gasteiger partial charge is 0.329 e. The Morgan fingerprint density at radius 1 is 1.29 bits per heavy atom. The van der Waals surface area contributed by atoms with Gasteiger partial charge in [0.1, 0.15) is 0 Å². The summed E-state index contributed by atoms with van der Waals surface area (Å²) in [5.41, 5.74) is 5.34. The fourth-order valence-electron chi connectivity index (χ4n) is 2.50. The third kappa shape index (κ3) is 4.21. The average Bonchev–Trinajstić information content (AvgIpc) is 2.29. The van der Waals surface area contributed by atoms with Crippen molar-refractivity contribution < 1.29 is 8.42 Å². The maximum atomic E-state index is 11.7. The molecule has 0 spiro atoms. The van der Waals surface area contributed by atoms with E-state index in [1.165, 1.54) is 6.42 Å². The molecule has 17 heavy (non-hydrogen) atoms. The summed E-state index contributed by atoms with van der Waals surface area (Å²) >= 11 is 0. The number of hydrogen-bond acceptors (Lipinski definition) is 3. The molecule has 1 saturated carbocycles. The molecule has 1 fully saturated rings. The van der Waals surface area contributed by atoms with Gasteiger partial charge in [-0.25, -0.2) is 4.72 Å². The Morgan fingerprint density at radius 2 is 1.88 bits per heavy atom. The van der Waals surface area contributed by atoms with Crippen molar-refractivity contribution >= 4 is 10.2 Å². The molecule has 0 aliphatic heterocycles. The zero-order valence-electron chi connectivity index (χ0n) is 10.8. The Balaban J connectivity index is 2.65. The Labute approximate surface area is 105 Å². The first kappa shape index (κ1) is 14.9. The van der Waals surface area contributed by atoms with Gasteiger partial charge in [0, 0.05) is 18.6 Å². The normalized spacial score (nSPS) is 30.4. The highest BCUT2D eigenvalue weighted by molar-refractivity contribution is 7.87. The molecular weight excluding hydrogens is 238 g/mol. The molecule has 0 atom stereocenters. The van der Waals surface area contributed by atoms with Crippen LogP contribution in [0.25, 0.3) is 0 Å². The molecule has 0 bridgehead atoms. The van der Waals surface area contributed by atoms with Crippen molar-refractivity contribution in [2.24, 2.45) is 11.7 Å². The summed E-state index contributed by atoms with van der Waals surface area (Å²) < 4.78 is 28.7. The summed E-state index contributed by atoms with van der Waals surface area (Å²) in [5.74, 6) is 0.721. The standard InChI is InChI=1S/C11H25N3O2S/c1-3-10-5-7-11(9-12,8-6-10)14-17(15,16)13-4-2/h10,13-14H,3-9,12H2,1-2H3. The maximum absolute atomic E-state index is 11.7. The number of nitrogens with two attached hydrogens (primary N) is 1. The van der Waals surface area contributed by atoms with E-state index in [2.05, 4.69) is 16.4 Å². The molecule has 0 aromatic rings. The van der Waals surface area contributed by atoms with Crippen LogP contribution in [0, 0.1) is 5.92 Å². The summed E-state index contributed by atoms with van der Waals surface area (Å²) in [6, 6.07) is 0. The van der Waals surface area contributed by atoms with Gasteiger partial charge in [-0.05, 0) is 31.6 Å². The van der Waals surface area contributed by atoms with Crippen LogP contribution in [-0.4, -0.2) is 27.0 Å². The summed E-state index contributed by atoms with van der Waals surface area (Å²) in [6.07, 6.45) is 4.96. The van der Waals surface area contributed by atoms with Gasteiger partial charge >= 0.3 is 0 Å². The van der Waals surface area contributed by atoms with Crippen molar-refractivity contribution in [2.75, 3.05) is 13.1 Å². The predicted octanol–water partition coefficient (Wildman–Crippen LogP) is 0.728. The van der Waals surface area contributed by atoms with Crippen molar-refractivity contribution in [2.45, 2.75) is 51.5 Å². The molecule has 6 heteroatoms. The van der Waals surface area contributed by atoms with Crippen molar-refractivity contribution in [1.29, 1.82) is 0 Å². The fourth-order valence-corrected chi connectivity index (χ4v) is 3.81. The molecule has 0 heterocycles. The predicted molar refractivity (Wildman–Crippen MR) is 69.8 cm³/mol. The average molecular weight is 263 g/mol. The Kier molecular flexibility index (Phi) is 5.37. The summed E-state index contributed by atoms with van der Waals surface area (Å²) in [4.78, 5) is 0. The van der Waals surface area contributed by atoms with E-state index in [0.717, 1.165) is 31.6 Å². The maximum Gasteiger partial charge on any atom is 0.277 e. The Morgan fingerprint density at radius 3 is 2.29 bits per heavy atom. The van der Waals surface area contributed by atoms with E-state index in [1.807, 2.05) is 0 Å². The summed E-state index contributed by atoms with van der Waals surface area (Å²) in [6.45, 7) is 4.72. The third-order valence-corrected chi connectivity index (χ3v) is 5.09. The molecule has 0 radical (unpaired) electrons. The molecule has 5 nitrogen and oxygen atoms in total. The van der Waals surface area contributed by atoms with E-state index in [9.17, 15) is 8.42 Å². The topological polar surface area (TPSA) is 84.2 Å². The van der Waals surface area contributed by atoms with Gasteiger partial charge in [0.2, 0.25) is 0 Å². The van der Waals surface area contributed by atoms with E-state index in [4.69, 9.17) is 5.73 Å². The van der Waals surface area contributed by atoms with Crippen molar-refractivity contribution in [3.63, 3.8) is 0 Å². The highest BCUT2D eigenvalue weighted by Crippen LogP contribution is 2.33. The van der Waals surface area contributed by atoms with E-state index in [0.29, 0.717) is 13.1 Å². The summed E-state index contributed by atoms with van der Waals surface area (Å²) in [5, 5.41) is 0. The van der Waals surface area contributed by atoms with Crippen molar-refractivity contribution in [3.05, 3.63) is 0 Å². The van der Waals surface area contributed by atoms with Gasteiger partial charge in [-0.1, -0.05) is 20.3 Å². The second-order valence-corrected chi connectivity index (χ2v) is 6.44. The lowest BCUT2D eigenvalue weighted by Crippen LogP contribution is -2.57. The minimum Gasteiger partial charge on any atom is -0.329 e. The van der Waals surface area contributed by atoms with Crippen LogP contribution < -0.4 is 15.2 Å². The Bertz CT molecular complexity index is 322. The van der Waals surface area contributed by atoms with Crippen LogP contribution >= 0.6 is 0 Å². The van der Waals surface area contributed by atoms with E-state index in [1.54, 1.807) is 6.92 Å². The zero-order valence-corrected chi connectivity index (χ0v) is 11.6. The minimum absolute atomic E-state index is 0.369. The van der Waals surface area contributed by atoms with Gasteiger partial charge in [0.05, 0.1) is 0 Å². The molecule has 0 saturated heterocycles. The lowest BCUT2D eigenvalue weighted by molar-refractivity contribution is 0.217. The van der Waals surface area contributed by atoms with E-state index < -0.39 is 15.7 Å². The van der Waals surface area contributed by atoms with Crippen LogP contribution in [0.1, 0.15) is 46.0 Å². The molecule has 0 aromatic carbocycles. The first-order chi connectivity index (χ1) is 7.97. The summed E-state index contributed by atoms with van der Waals surface area (Å²) in [7, 11) is -3.41. The minimum atomic E-state index is -3.41. The van der Waals surface area contributed by atoms with Crippen LogP contribution in [0.4, 0.5) is 0 Å². The highest BCUT2D eigenvalue weighted by atomic mass is 32.2. The van der Waals surface area contributed by atoms with Gasteiger partial charge < -0.3 is 5.73 Å². The molecular formula is C11H25N3O2S. The molecule has 0 aromatic heterocycles. The Hall–Kier alpha value is -0.170. The second-order valence-electron chi connectivity index (χ2n) is 4.94. The van der Waals surface area contributed by atoms with Crippen molar-refractivity contribution in [1.82, 2.24) is 9.44 Å². The number of nitrogens with one attached hydrogen (secondary N) is 2. The van der Waals surface area contributed by atoms with Gasteiger partial charge in [0.15, 0.2) is 0 Å². The quantitative estimate of drug-likeness (QED) is 0.660. The van der Waals surface area contributed by atoms with Gasteiger partial charge in [-0.15, -0.1) is 0 Å². The van der Waals surface area contributed by atoms with Gasteiger partial charge in [-0.2, -0.15) is 13.1 Å². The van der Waals surface area contributed by atoms with Crippen LogP contribution in [0.3, 0.4) is 0 Å². The van der Waals surface area contributed by atoms with Crippen LogP contribution in [0.15, 0.2) is 0 Å². The first-order valence-electron chi connectivity index (χ1n) is 6.45. The van der Waals surface area contributed by atoms with Crippen LogP contribution in [-0.2, 0) is 10.2 Å². The molecule has 0 amide bonds. The molecule has 1 aliphatic carbocycles. The molecule has 4 N–H and O–H groups in total. The molecule has 0 unspecified atom stereocenters. The lowest BCUT2D eigenvalue weighted by atomic mass is 9.76. The zero-order chi connectivity index (χ0) is 12.9. The lowest BCUT2D eigenvalue weighted by Gasteiger charge is -2.39. The first-order valence-corrected chi connectivity index (χ1v) is 7.94.